The topological polar surface area (TPSA) is 76.0 Å². The minimum Gasteiger partial charge on any atom is -0.497 e. The van der Waals surface area contributed by atoms with Crippen LogP contribution in [0, 0.1) is 46.3 Å². The van der Waals surface area contributed by atoms with Crippen LogP contribution in [0.1, 0.15) is 90.5 Å². The molecule has 2 N–H and O–H groups in total. The second-order valence-electron chi connectivity index (χ2n) is 13.5. The second-order valence-corrected chi connectivity index (χ2v) is 13.5. The maximum Gasteiger partial charge on any atom is 0.306 e. The Morgan fingerprint density at radius 3 is 2.43 bits per heavy atom. The van der Waals surface area contributed by atoms with E-state index in [9.17, 15) is 15.0 Å². The molecule has 0 radical (unpaired) electrons. The third kappa shape index (κ3) is 4.95. The van der Waals surface area contributed by atoms with Gasteiger partial charge in [0.05, 0.1) is 19.3 Å². The smallest absolute Gasteiger partial charge is 0.306 e. The summed E-state index contributed by atoms with van der Waals surface area (Å²) in [4.78, 5) is 12.5. The van der Waals surface area contributed by atoms with Crippen LogP contribution in [-0.2, 0) is 16.1 Å². The normalized spacial score (nSPS) is 41.7. The summed E-state index contributed by atoms with van der Waals surface area (Å²) in [5.41, 5.74) is 1.48. The van der Waals surface area contributed by atoms with Crippen LogP contribution in [-0.4, -0.2) is 35.5 Å². The lowest BCUT2D eigenvalue weighted by molar-refractivity contribution is -0.174. The van der Waals surface area contributed by atoms with E-state index in [0.717, 1.165) is 43.4 Å². The lowest BCUT2D eigenvalue weighted by atomic mass is 9.43. The summed E-state index contributed by atoms with van der Waals surface area (Å²) >= 11 is 0. The minimum absolute atomic E-state index is 0.118. The molecule has 0 spiro atoms. The van der Waals surface area contributed by atoms with Crippen molar-refractivity contribution in [3.8, 4) is 5.75 Å². The van der Waals surface area contributed by atoms with Crippen molar-refractivity contribution in [1.82, 2.24) is 0 Å². The van der Waals surface area contributed by atoms with Gasteiger partial charge in [0.25, 0.3) is 0 Å². The summed E-state index contributed by atoms with van der Waals surface area (Å²) in [6.07, 6.45) is 9.50. The molecular formula is C32H48O5. The van der Waals surface area contributed by atoms with Crippen molar-refractivity contribution in [2.75, 3.05) is 7.11 Å². The predicted molar refractivity (Wildman–Crippen MR) is 144 cm³/mol. The molecule has 1 aromatic rings. The van der Waals surface area contributed by atoms with Crippen molar-refractivity contribution >= 4 is 5.97 Å². The molecule has 0 bridgehead atoms. The number of fused-ring (bicyclic) bond motifs is 5. The number of rotatable bonds is 7. The van der Waals surface area contributed by atoms with E-state index >= 15 is 0 Å². The van der Waals surface area contributed by atoms with Crippen LogP contribution in [0.2, 0.25) is 0 Å². The molecule has 206 valence electrons. The fourth-order valence-electron chi connectivity index (χ4n) is 9.68. The molecule has 0 heterocycles. The third-order valence-corrected chi connectivity index (χ3v) is 11.8. The number of hydrogen-bond acceptors (Lipinski definition) is 5. The van der Waals surface area contributed by atoms with Gasteiger partial charge in [0.2, 0.25) is 0 Å². The summed E-state index contributed by atoms with van der Waals surface area (Å²) in [5, 5.41) is 21.8. The number of hydrogen-bond donors (Lipinski definition) is 2. The highest BCUT2D eigenvalue weighted by Crippen LogP contribution is 2.68. The number of aliphatic hydroxyl groups excluding tert-OH is 2. The molecule has 0 saturated heterocycles. The van der Waals surface area contributed by atoms with E-state index in [1.807, 2.05) is 24.3 Å². The zero-order chi connectivity index (χ0) is 26.4. The van der Waals surface area contributed by atoms with Crippen LogP contribution < -0.4 is 4.74 Å². The monoisotopic (exact) mass is 512 g/mol. The molecule has 4 fully saturated rings. The average Bonchev–Trinajstić information content (AvgIpc) is 3.24. The Morgan fingerprint density at radius 2 is 1.70 bits per heavy atom. The van der Waals surface area contributed by atoms with E-state index in [0.29, 0.717) is 48.5 Å². The molecule has 5 rings (SSSR count). The van der Waals surface area contributed by atoms with E-state index in [4.69, 9.17) is 9.47 Å². The van der Waals surface area contributed by atoms with Crippen molar-refractivity contribution in [2.45, 2.75) is 104 Å². The third-order valence-electron chi connectivity index (χ3n) is 11.8. The molecule has 0 amide bonds. The Morgan fingerprint density at radius 1 is 1.00 bits per heavy atom. The van der Waals surface area contributed by atoms with Crippen LogP contribution in [0.5, 0.6) is 5.75 Å². The first kappa shape index (κ1) is 27.0. The van der Waals surface area contributed by atoms with E-state index < -0.39 is 0 Å². The predicted octanol–water partition coefficient (Wildman–Crippen LogP) is 6.15. The van der Waals surface area contributed by atoms with Gasteiger partial charge in [0.15, 0.2) is 0 Å². The number of aliphatic hydroxyl groups is 2. The highest BCUT2D eigenvalue weighted by molar-refractivity contribution is 5.69. The van der Waals surface area contributed by atoms with Gasteiger partial charge < -0.3 is 19.7 Å². The Balaban J connectivity index is 1.18. The molecule has 5 heteroatoms. The van der Waals surface area contributed by atoms with Crippen molar-refractivity contribution in [2.24, 2.45) is 46.3 Å². The molecule has 10 atom stereocenters. The van der Waals surface area contributed by atoms with Crippen molar-refractivity contribution in [3.05, 3.63) is 29.8 Å². The molecule has 4 aliphatic rings. The fourth-order valence-corrected chi connectivity index (χ4v) is 9.68. The van der Waals surface area contributed by atoms with Gasteiger partial charge in [-0.1, -0.05) is 32.9 Å². The zero-order valence-electron chi connectivity index (χ0n) is 23.3. The van der Waals surface area contributed by atoms with Crippen LogP contribution in [0.4, 0.5) is 0 Å². The largest absolute Gasteiger partial charge is 0.497 e. The quantitative estimate of drug-likeness (QED) is 0.429. The molecule has 0 aromatic heterocycles. The van der Waals surface area contributed by atoms with Crippen molar-refractivity contribution < 1.29 is 24.5 Å². The van der Waals surface area contributed by atoms with Crippen LogP contribution in [0.15, 0.2) is 24.3 Å². The fraction of sp³-hybridized carbons (Fsp3) is 0.781. The molecule has 0 aliphatic heterocycles. The molecule has 1 aromatic carbocycles. The molecule has 4 aliphatic carbocycles. The van der Waals surface area contributed by atoms with Gasteiger partial charge in [-0.15, -0.1) is 0 Å². The summed E-state index contributed by atoms with van der Waals surface area (Å²) in [6.45, 7) is 7.61. The van der Waals surface area contributed by atoms with Gasteiger partial charge in [-0.3, -0.25) is 4.79 Å². The molecular weight excluding hydrogens is 464 g/mol. The summed E-state index contributed by atoms with van der Waals surface area (Å²) in [5.74, 6) is 3.74. The standard InChI is InChI=1S/C32H48O5/c1-20(5-12-29(35)37-19-21-6-8-24(36-4)9-7-21)25-10-11-26-30-27(14-16-32(25,26)3)31(2)15-13-23(33)17-22(31)18-28(30)34/h6-9,20,22-23,25-28,30,33-34H,5,10-19H2,1-4H3/t20-,22?,23+,25-,26+,27+,28+,30+,31+,32-/m1/s1. The van der Waals surface area contributed by atoms with E-state index in [2.05, 4.69) is 20.8 Å². The minimum atomic E-state index is -0.236. The SMILES string of the molecule is COc1ccc(COC(=O)CC[C@@H](C)[C@H]2CC[C@H]3[C@@H]4[C@@H](O)CC5C[C@@H](O)CC[C@]5(C)[C@H]4CC[C@]23C)cc1. The summed E-state index contributed by atoms with van der Waals surface area (Å²) < 4.78 is 10.8. The maximum absolute atomic E-state index is 12.5. The highest BCUT2D eigenvalue weighted by atomic mass is 16.5. The Kier molecular flexibility index (Phi) is 7.68. The first-order valence-electron chi connectivity index (χ1n) is 14.8. The first-order chi connectivity index (χ1) is 17.7. The van der Waals surface area contributed by atoms with Gasteiger partial charge in [0, 0.05) is 6.42 Å². The number of ether oxygens (including phenoxy) is 2. The molecule has 37 heavy (non-hydrogen) atoms. The number of esters is 1. The number of carbonyl (C=O) groups excluding carboxylic acids is 1. The van der Waals surface area contributed by atoms with Gasteiger partial charge in [-0.25, -0.2) is 0 Å². The Labute approximate surface area is 223 Å². The average molecular weight is 513 g/mol. The van der Waals surface area contributed by atoms with Gasteiger partial charge in [0.1, 0.15) is 12.4 Å². The molecule has 4 saturated carbocycles. The van der Waals surface area contributed by atoms with Crippen molar-refractivity contribution in [3.63, 3.8) is 0 Å². The van der Waals surface area contributed by atoms with Gasteiger partial charge in [-0.2, -0.15) is 0 Å². The second kappa shape index (κ2) is 10.5. The van der Waals surface area contributed by atoms with Gasteiger partial charge >= 0.3 is 5.97 Å². The number of carbonyl (C=O) groups is 1. The van der Waals surface area contributed by atoms with E-state index in [1.165, 1.54) is 25.7 Å². The van der Waals surface area contributed by atoms with Crippen LogP contribution in [0.3, 0.4) is 0 Å². The number of methoxy groups -OCH3 is 1. The lowest BCUT2D eigenvalue weighted by Gasteiger charge is -2.62. The molecule has 1 unspecified atom stereocenters. The van der Waals surface area contributed by atoms with Crippen molar-refractivity contribution in [1.29, 1.82) is 0 Å². The highest BCUT2D eigenvalue weighted by Gasteiger charge is 2.62. The first-order valence-corrected chi connectivity index (χ1v) is 14.8. The lowest BCUT2D eigenvalue weighted by Crippen LogP contribution is -2.58. The number of benzene rings is 1. The zero-order valence-corrected chi connectivity index (χ0v) is 23.3. The Bertz CT molecular complexity index is 945. The summed E-state index contributed by atoms with van der Waals surface area (Å²) in [6, 6.07) is 7.64. The van der Waals surface area contributed by atoms with Crippen LogP contribution >= 0.6 is 0 Å². The van der Waals surface area contributed by atoms with E-state index in [1.54, 1.807) is 7.11 Å². The van der Waals surface area contributed by atoms with E-state index in [-0.39, 0.29) is 29.0 Å². The van der Waals surface area contributed by atoms with Crippen LogP contribution in [0.25, 0.3) is 0 Å². The van der Waals surface area contributed by atoms with Gasteiger partial charge in [-0.05, 0) is 122 Å². The maximum atomic E-state index is 12.5. The molecule has 5 nitrogen and oxygen atoms in total. The summed E-state index contributed by atoms with van der Waals surface area (Å²) in [7, 11) is 1.64. The Hall–Kier alpha value is -1.59.